The van der Waals surface area contributed by atoms with Crippen LogP contribution < -0.4 is 10.1 Å². The van der Waals surface area contributed by atoms with Gasteiger partial charge in [0.05, 0.1) is 12.1 Å². The van der Waals surface area contributed by atoms with Crippen LogP contribution in [0.3, 0.4) is 0 Å². The van der Waals surface area contributed by atoms with Crippen LogP contribution in [0.15, 0.2) is 54.6 Å². The van der Waals surface area contributed by atoms with E-state index in [4.69, 9.17) is 9.47 Å². The molecule has 0 aliphatic carbocycles. The summed E-state index contributed by atoms with van der Waals surface area (Å²) in [6.45, 7) is 11.0. The van der Waals surface area contributed by atoms with Crippen LogP contribution in [0.4, 0.5) is 4.79 Å². The first kappa shape index (κ1) is 25.6. The van der Waals surface area contributed by atoms with Crippen LogP contribution in [0.1, 0.15) is 75.8 Å². The van der Waals surface area contributed by atoms with Crippen LogP contribution in [0.25, 0.3) is 0 Å². The maximum Gasteiger partial charge on any atom is 0.410 e. The molecule has 1 N–H and O–H groups in total. The summed E-state index contributed by atoms with van der Waals surface area (Å²) in [5.74, 6) is 1.06. The molecule has 1 aliphatic heterocycles. The molecule has 0 aromatic heterocycles. The third-order valence-corrected chi connectivity index (χ3v) is 5.83. The highest BCUT2D eigenvalue weighted by Crippen LogP contribution is 2.29. The molecule has 1 unspecified atom stereocenters. The van der Waals surface area contributed by atoms with E-state index in [9.17, 15) is 9.59 Å². The smallest absolute Gasteiger partial charge is 0.410 e. The SMILES string of the molecule is CC(C)Oc1ccc(C(=O)NC(CC2CCN(C(=O)OC(C)(C)C)CC2)c2ccccc2)cc1. The van der Waals surface area contributed by atoms with Gasteiger partial charge in [-0.25, -0.2) is 4.79 Å². The number of rotatable bonds is 7. The number of hydrogen-bond donors (Lipinski definition) is 1. The fraction of sp³-hybridized carbons (Fsp3) is 0.500. The third-order valence-electron chi connectivity index (χ3n) is 5.83. The van der Waals surface area contributed by atoms with Crippen LogP contribution in [-0.2, 0) is 4.74 Å². The zero-order valence-corrected chi connectivity index (χ0v) is 21.0. The number of carbonyl (C=O) groups excluding carboxylic acids is 2. The van der Waals surface area contributed by atoms with Crippen molar-refractivity contribution in [3.63, 3.8) is 0 Å². The molecule has 1 heterocycles. The molecular formula is C28H38N2O4. The first-order valence-electron chi connectivity index (χ1n) is 12.2. The highest BCUT2D eigenvalue weighted by atomic mass is 16.6. The van der Waals surface area contributed by atoms with Gasteiger partial charge in [-0.1, -0.05) is 30.3 Å². The largest absolute Gasteiger partial charge is 0.491 e. The maximum absolute atomic E-state index is 13.1. The lowest BCUT2D eigenvalue weighted by Crippen LogP contribution is -2.42. The predicted octanol–water partition coefficient (Wildman–Crippen LogP) is 5.98. The molecule has 3 rings (SSSR count). The number of ether oxygens (including phenoxy) is 2. The molecule has 1 fully saturated rings. The predicted molar refractivity (Wildman–Crippen MR) is 134 cm³/mol. The minimum absolute atomic E-state index is 0.0869. The first-order valence-corrected chi connectivity index (χ1v) is 12.2. The Kier molecular flexibility index (Phi) is 8.59. The van der Waals surface area contributed by atoms with Crippen molar-refractivity contribution in [3.05, 3.63) is 65.7 Å². The molecule has 0 spiro atoms. The zero-order valence-electron chi connectivity index (χ0n) is 21.0. The fourth-order valence-corrected chi connectivity index (χ4v) is 4.17. The molecule has 2 aromatic carbocycles. The van der Waals surface area contributed by atoms with Gasteiger partial charge >= 0.3 is 6.09 Å². The maximum atomic E-state index is 13.1. The molecule has 1 atom stereocenters. The summed E-state index contributed by atoms with van der Waals surface area (Å²) in [7, 11) is 0. The molecule has 0 bridgehead atoms. The molecule has 1 saturated heterocycles. The Hall–Kier alpha value is -3.02. The van der Waals surface area contributed by atoms with Gasteiger partial charge in [0.1, 0.15) is 11.4 Å². The van der Waals surface area contributed by atoms with Gasteiger partial charge in [-0.05, 0) is 89.6 Å². The van der Waals surface area contributed by atoms with E-state index < -0.39 is 5.60 Å². The Labute approximate surface area is 203 Å². The normalized spacial score (nSPS) is 15.6. The Morgan fingerprint density at radius 3 is 2.18 bits per heavy atom. The van der Waals surface area contributed by atoms with E-state index in [1.54, 1.807) is 17.0 Å². The Balaban J connectivity index is 1.63. The van der Waals surface area contributed by atoms with Crippen molar-refractivity contribution >= 4 is 12.0 Å². The second kappa shape index (κ2) is 11.4. The number of piperidine rings is 1. The highest BCUT2D eigenvalue weighted by Gasteiger charge is 2.29. The van der Waals surface area contributed by atoms with Gasteiger partial charge in [0.15, 0.2) is 0 Å². The highest BCUT2D eigenvalue weighted by molar-refractivity contribution is 5.94. The number of carbonyl (C=O) groups is 2. The molecule has 1 aliphatic rings. The second-order valence-corrected chi connectivity index (χ2v) is 10.3. The van der Waals surface area contributed by atoms with Crippen molar-refractivity contribution in [1.29, 1.82) is 0 Å². The standard InChI is InChI=1S/C28H38N2O4/c1-20(2)33-24-13-11-23(12-14-24)26(31)29-25(22-9-7-6-8-10-22)19-21-15-17-30(18-16-21)27(32)34-28(3,4)5/h6-14,20-21,25H,15-19H2,1-5H3,(H,29,31). The van der Waals surface area contributed by atoms with Gasteiger partial charge in [0, 0.05) is 18.7 Å². The summed E-state index contributed by atoms with van der Waals surface area (Å²) < 4.78 is 11.2. The molecule has 2 aromatic rings. The summed E-state index contributed by atoms with van der Waals surface area (Å²) in [5, 5.41) is 3.24. The van der Waals surface area contributed by atoms with Crippen LogP contribution in [0, 0.1) is 5.92 Å². The van der Waals surface area contributed by atoms with Crippen molar-refractivity contribution in [1.82, 2.24) is 10.2 Å². The van der Waals surface area contributed by atoms with Gasteiger partial charge in [0.2, 0.25) is 0 Å². The number of benzene rings is 2. The lowest BCUT2D eigenvalue weighted by atomic mass is 9.87. The number of nitrogens with zero attached hydrogens (tertiary/aromatic N) is 1. The van der Waals surface area contributed by atoms with Gasteiger partial charge in [-0.3, -0.25) is 4.79 Å². The second-order valence-electron chi connectivity index (χ2n) is 10.3. The Bertz CT molecular complexity index is 927. The van der Waals surface area contributed by atoms with E-state index in [2.05, 4.69) is 17.4 Å². The van der Waals surface area contributed by atoms with Gasteiger partial charge in [0.25, 0.3) is 5.91 Å². The minimum Gasteiger partial charge on any atom is -0.491 e. The van der Waals surface area contributed by atoms with E-state index in [0.29, 0.717) is 24.6 Å². The Morgan fingerprint density at radius 1 is 1.00 bits per heavy atom. The van der Waals surface area contributed by atoms with Crippen molar-refractivity contribution in [2.24, 2.45) is 5.92 Å². The number of hydrogen-bond acceptors (Lipinski definition) is 4. The summed E-state index contributed by atoms with van der Waals surface area (Å²) >= 11 is 0. The zero-order chi connectivity index (χ0) is 24.7. The molecule has 0 radical (unpaired) electrons. The average molecular weight is 467 g/mol. The average Bonchev–Trinajstić information content (AvgIpc) is 2.78. The molecule has 2 amide bonds. The van der Waals surface area contributed by atoms with E-state index in [1.807, 2.05) is 65.0 Å². The molecule has 6 heteroatoms. The third kappa shape index (κ3) is 7.79. The first-order chi connectivity index (χ1) is 16.1. The van der Waals surface area contributed by atoms with Gasteiger partial charge in [-0.2, -0.15) is 0 Å². The monoisotopic (exact) mass is 466 g/mol. The molecule has 34 heavy (non-hydrogen) atoms. The van der Waals surface area contributed by atoms with Gasteiger partial charge < -0.3 is 19.7 Å². The minimum atomic E-state index is -0.490. The summed E-state index contributed by atoms with van der Waals surface area (Å²) in [6.07, 6.45) is 2.44. The van der Waals surface area contributed by atoms with Crippen molar-refractivity contribution < 1.29 is 19.1 Å². The fourth-order valence-electron chi connectivity index (χ4n) is 4.17. The Morgan fingerprint density at radius 2 is 1.62 bits per heavy atom. The van der Waals surface area contributed by atoms with E-state index >= 15 is 0 Å². The summed E-state index contributed by atoms with van der Waals surface area (Å²) in [6, 6.07) is 17.3. The summed E-state index contributed by atoms with van der Waals surface area (Å²) in [4.78, 5) is 27.2. The van der Waals surface area contributed by atoms with Crippen molar-refractivity contribution in [2.75, 3.05) is 13.1 Å². The van der Waals surface area contributed by atoms with Crippen molar-refractivity contribution in [3.8, 4) is 5.75 Å². The lowest BCUT2D eigenvalue weighted by Gasteiger charge is -2.35. The molecular weight excluding hydrogens is 428 g/mol. The van der Waals surface area contributed by atoms with Crippen LogP contribution in [0.5, 0.6) is 5.75 Å². The van der Waals surface area contributed by atoms with E-state index in [1.165, 1.54) is 0 Å². The number of amides is 2. The van der Waals surface area contributed by atoms with E-state index in [-0.39, 0.29) is 24.1 Å². The number of nitrogens with one attached hydrogen (secondary N) is 1. The van der Waals surface area contributed by atoms with Gasteiger partial charge in [-0.15, -0.1) is 0 Å². The van der Waals surface area contributed by atoms with Crippen molar-refractivity contribution in [2.45, 2.75) is 71.6 Å². The van der Waals surface area contributed by atoms with Crippen LogP contribution in [0.2, 0.25) is 0 Å². The number of likely N-dealkylation sites (tertiary alicyclic amines) is 1. The molecule has 6 nitrogen and oxygen atoms in total. The van der Waals surface area contributed by atoms with E-state index in [0.717, 1.165) is 30.6 Å². The molecule has 184 valence electrons. The van der Waals surface area contributed by atoms with Crippen LogP contribution in [-0.4, -0.2) is 41.7 Å². The summed E-state index contributed by atoms with van der Waals surface area (Å²) in [5.41, 5.74) is 1.21. The topological polar surface area (TPSA) is 67.9 Å². The quantitative estimate of drug-likeness (QED) is 0.545. The molecule has 0 saturated carbocycles. The van der Waals surface area contributed by atoms with Crippen LogP contribution >= 0.6 is 0 Å². The lowest BCUT2D eigenvalue weighted by molar-refractivity contribution is 0.0178.